The van der Waals surface area contributed by atoms with Gasteiger partial charge < -0.3 is 65.6 Å². The summed E-state index contributed by atoms with van der Waals surface area (Å²) < 4.78 is 34.1. The maximum atomic E-state index is 14.3. The number of carbonyl (C=O) groups excluding carboxylic acids is 6. The standard InChI is InChI=1S/C55H107N7O12/c1-48(2,3)69-42(63)57-37-27-25-34-55(62(19)47(68)74-52(13,14)15,35-29-39-59-44(65)71-50(7,8)9)41(30-22-20-21-26-36-56)40-60-45(66)73-53(16,17)31-23-24-32-54(18,61-46(67)72-51(10,11)12)33-28-38-58-43(64)70-49(4,5)6/h41H,20-40,56H2,1-19H3,(H,57,63)(H,58,64)(H,59,65)(H,60,66)(H,61,67). The molecule has 0 fully saturated rings. The van der Waals surface area contributed by atoms with Crippen LogP contribution in [0.1, 0.15) is 227 Å². The van der Waals surface area contributed by atoms with Crippen molar-refractivity contribution in [2.24, 2.45) is 11.7 Å². The van der Waals surface area contributed by atoms with Crippen LogP contribution in [0.3, 0.4) is 0 Å². The van der Waals surface area contributed by atoms with Gasteiger partial charge in [0.05, 0.1) is 5.54 Å². The Morgan fingerprint density at radius 2 is 0.797 bits per heavy atom. The Kier molecular flexibility index (Phi) is 29.7. The molecule has 0 aliphatic heterocycles. The van der Waals surface area contributed by atoms with E-state index < -0.39 is 81.2 Å². The summed E-state index contributed by atoms with van der Waals surface area (Å²) >= 11 is 0. The van der Waals surface area contributed by atoms with Crippen molar-refractivity contribution < 1.29 is 57.2 Å². The van der Waals surface area contributed by atoms with Crippen LogP contribution in [0.4, 0.5) is 28.8 Å². The third kappa shape index (κ3) is 35.0. The van der Waals surface area contributed by atoms with E-state index in [0.29, 0.717) is 96.7 Å². The summed E-state index contributed by atoms with van der Waals surface area (Å²) in [4.78, 5) is 80.5. The zero-order chi connectivity index (χ0) is 57.2. The predicted molar refractivity (Wildman–Crippen MR) is 292 cm³/mol. The van der Waals surface area contributed by atoms with Gasteiger partial charge in [0, 0.05) is 38.8 Å². The van der Waals surface area contributed by atoms with Gasteiger partial charge in [-0.25, -0.2) is 28.8 Å². The van der Waals surface area contributed by atoms with Gasteiger partial charge in [0.15, 0.2) is 0 Å². The highest BCUT2D eigenvalue weighted by molar-refractivity contribution is 5.70. The number of nitrogens with one attached hydrogen (secondary N) is 5. The molecule has 19 nitrogen and oxygen atoms in total. The molecule has 0 bridgehead atoms. The van der Waals surface area contributed by atoms with E-state index >= 15 is 0 Å². The molecular formula is C55H107N7O12. The van der Waals surface area contributed by atoms with Crippen LogP contribution in [0.15, 0.2) is 0 Å². The van der Waals surface area contributed by atoms with Gasteiger partial charge in [0.2, 0.25) is 0 Å². The third-order valence-electron chi connectivity index (χ3n) is 11.8. The van der Waals surface area contributed by atoms with Crippen molar-refractivity contribution in [1.82, 2.24) is 31.5 Å². The molecule has 3 atom stereocenters. The molecule has 19 heteroatoms. The van der Waals surface area contributed by atoms with Gasteiger partial charge in [-0.1, -0.05) is 25.7 Å². The SMILES string of the molecule is CN(C(=O)OC(C)(C)C)C(CCCCNC(=O)OC(C)(C)C)(CCCNC(=O)OC(C)(C)C)C(CCCCCCN)CNC(=O)OC(C)(C)CCCCC(C)(CCCNC(=O)OC(C)(C)C)NC(=O)OC(C)(C)C. The Balaban J connectivity index is 6.62. The average molecular weight is 1060 g/mol. The summed E-state index contributed by atoms with van der Waals surface area (Å²) in [5, 5.41) is 14.7. The first kappa shape index (κ1) is 69.6. The van der Waals surface area contributed by atoms with E-state index in [1.807, 2.05) is 62.3 Å². The molecule has 7 N–H and O–H groups in total. The Hall–Kier alpha value is -4.42. The van der Waals surface area contributed by atoms with Crippen molar-refractivity contribution >= 4 is 36.6 Å². The summed E-state index contributed by atoms with van der Waals surface area (Å²) in [5.41, 5.74) is -0.00867. The van der Waals surface area contributed by atoms with Crippen molar-refractivity contribution in [2.75, 3.05) is 39.8 Å². The zero-order valence-electron chi connectivity index (χ0n) is 49.9. The normalized spacial score (nSPS) is 14.5. The summed E-state index contributed by atoms with van der Waals surface area (Å²) in [6, 6.07) is 0. The molecule has 3 unspecified atom stereocenters. The fraction of sp³-hybridized carbons (Fsp3) is 0.891. The lowest BCUT2D eigenvalue weighted by atomic mass is 9.72. The first-order chi connectivity index (χ1) is 33.7. The largest absolute Gasteiger partial charge is 0.444 e. The minimum absolute atomic E-state index is 0.173. The molecule has 6 amide bonds. The molecule has 0 radical (unpaired) electrons. The number of alkyl carbamates (subject to hydrolysis) is 5. The number of carbonyl (C=O) groups is 6. The Morgan fingerprint density at radius 3 is 1.27 bits per heavy atom. The monoisotopic (exact) mass is 1060 g/mol. The van der Waals surface area contributed by atoms with E-state index in [-0.39, 0.29) is 19.0 Å². The number of nitrogens with two attached hydrogens (primary N) is 1. The third-order valence-corrected chi connectivity index (χ3v) is 11.8. The lowest BCUT2D eigenvalue weighted by Crippen LogP contribution is -2.58. The van der Waals surface area contributed by atoms with Gasteiger partial charge in [-0.3, -0.25) is 0 Å². The molecule has 0 spiro atoms. The van der Waals surface area contributed by atoms with Crippen LogP contribution in [-0.2, 0) is 28.4 Å². The van der Waals surface area contributed by atoms with Gasteiger partial charge in [-0.2, -0.15) is 0 Å². The van der Waals surface area contributed by atoms with Crippen molar-refractivity contribution in [2.45, 2.75) is 272 Å². The van der Waals surface area contributed by atoms with E-state index in [2.05, 4.69) is 26.6 Å². The van der Waals surface area contributed by atoms with Crippen LogP contribution in [0.5, 0.6) is 0 Å². The molecule has 434 valence electrons. The highest BCUT2D eigenvalue weighted by atomic mass is 16.6. The fourth-order valence-electron chi connectivity index (χ4n) is 8.46. The van der Waals surface area contributed by atoms with Crippen LogP contribution >= 0.6 is 0 Å². The van der Waals surface area contributed by atoms with Gasteiger partial charge in [0.25, 0.3) is 0 Å². The first-order valence-corrected chi connectivity index (χ1v) is 27.3. The van der Waals surface area contributed by atoms with E-state index in [0.717, 1.165) is 25.7 Å². The van der Waals surface area contributed by atoms with Gasteiger partial charge in [-0.15, -0.1) is 0 Å². The summed E-state index contributed by atoms with van der Waals surface area (Å²) in [6.45, 7) is 34.5. The molecule has 0 aromatic heterocycles. The van der Waals surface area contributed by atoms with E-state index in [1.165, 1.54) is 0 Å². The van der Waals surface area contributed by atoms with Gasteiger partial charge >= 0.3 is 36.6 Å². The zero-order valence-corrected chi connectivity index (χ0v) is 49.9. The molecule has 0 aromatic rings. The number of hydrogen-bond acceptors (Lipinski definition) is 13. The summed E-state index contributed by atoms with van der Waals surface area (Å²) in [6.07, 6.45) is 7.17. The highest BCUT2D eigenvalue weighted by Gasteiger charge is 2.45. The minimum Gasteiger partial charge on any atom is -0.444 e. The molecule has 0 saturated carbocycles. The maximum Gasteiger partial charge on any atom is 0.410 e. The lowest BCUT2D eigenvalue weighted by Gasteiger charge is -2.48. The molecule has 0 rings (SSSR count). The lowest BCUT2D eigenvalue weighted by molar-refractivity contribution is -0.0207. The van der Waals surface area contributed by atoms with E-state index in [9.17, 15) is 28.8 Å². The molecule has 0 aliphatic rings. The number of nitrogens with zero attached hydrogens (tertiary/aromatic N) is 1. The van der Waals surface area contributed by atoms with Gasteiger partial charge in [-0.05, 0) is 214 Å². The second-order valence-electron chi connectivity index (χ2n) is 25.7. The average Bonchev–Trinajstić information content (AvgIpc) is 3.19. The van der Waals surface area contributed by atoms with Crippen molar-refractivity contribution in [3.05, 3.63) is 0 Å². The molecule has 0 aromatic carbocycles. The first-order valence-electron chi connectivity index (χ1n) is 27.3. The van der Waals surface area contributed by atoms with Crippen molar-refractivity contribution in [3.8, 4) is 0 Å². The van der Waals surface area contributed by atoms with Crippen LogP contribution in [0.25, 0.3) is 0 Å². The van der Waals surface area contributed by atoms with Crippen molar-refractivity contribution in [1.29, 1.82) is 0 Å². The molecular weight excluding hydrogens is 951 g/mol. The van der Waals surface area contributed by atoms with Crippen molar-refractivity contribution in [3.63, 3.8) is 0 Å². The number of ether oxygens (including phenoxy) is 6. The topological polar surface area (TPSA) is 247 Å². The quantitative estimate of drug-likeness (QED) is 0.0290. The number of unbranched alkanes of at least 4 members (excludes halogenated alkanes) is 5. The Morgan fingerprint density at radius 1 is 0.419 bits per heavy atom. The van der Waals surface area contributed by atoms with Crippen LogP contribution in [0.2, 0.25) is 0 Å². The highest BCUT2D eigenvalue weighted by Crippen LogP contribution is 2.39. The minimum atomic E-state index is -0.897. The van der Waals surface area contributed by atoms with Crippen LogP contribution in [0, 0.1) is 5.92 Å². The molecule has 0 heterocycles. The van der Waals surface area contributed by atoms with Crippen LogP contribution < -0.4 is 32.3 Å². The Bertz CT molecular complexity index is 1690. The van der Waals surface area contributed by atoms with Gasteiger partial charge in [0.1, 0.15) is 33.6 Å². The van der Waals surface area contributed by atoms with Crippen LogP contribution in [-0.4, -0.2) is 126 Å². The second-order valence-corrected chi connectivity index (χ2v) is 25.7. The predicted octanol–water partition coefficient (Wildman–Crippen LogP) is 11.8. The molecule has 74 heavy (non-hydrogen) atoms. The second kappa shape index (κ2) is 31.6. The maximum absolute atomic E-state index is 14.3. The Labute approximate surface area is 447 Å². The fourth-order valence-corrected chi connectivity index (χ4v) is 8.46. The summed E-state index contributed by atoms with van der Waals surface area (Å²) in [5.74, 6) is -0.302. The number of rotatable bonds is 30. The van der Waals surface area contributed by atoms with E-state index in [1.54, 1.807) is 74.3 Å². The molecule has 0 aliphatic carbocycles. The summed E-state index contributed by atoms with van der Waals surface area (Å²) in [7, 11) is 1.74. The molecule has 0 saturated heterocycles. The number of amides is 6. The number of hydrogen-bond donors (Lipinski definition) is 6. The smallest absolute Gasteiger partial charge is 0.410 e. The van der Waals surface area contributed by atoms with E-state index in [4.69, 9.17) is 34.2 Å².